The molecule has 1 unspecified atom stereocenters. The number of carboxylic acids is 1. The Morgan fingerprint density at radius 3 is 2.67 bits per heavy atom. The molecule has 18 heavy (non-hydrogen) atoms. The predicted molar refractivity (Wildman–Crippen MR) is 66.5 cm³/mol. The Labute approximate surface area is 106 Å². The average Bonchev–Trinajstić information content (AvgIpc) is 3.02. The molecule has 0 amide bonds. The molecule has 2 aliphatic carbocycles. The second kappa shape index (κ2) is 4.23. The smallest absolute Gasteiger partial charge is 0.356 e. The minimum atomic E-state index is -1.04. The fourth-order valence-electron chi connectivity index (χ4n) is 3.05. The summed E-state index contributed by atoms with van der Waals surface area (Å²) in [5.41, 5.74) is 0.481. The van der Waals surface area contributed by atoms with E-state index in [4.69, 9.17) is 5.11 Å². The number of aromatic nitrogens is 2. The molecule has 0 bridgehead atoms. The summed E-state index contributed by atoms with van der Waals surface area (Å²) in [4.78, 5) is 18.6. The SMILES string of the molecule is O=C(O)c1cnc(NC2CC23CCCCC3)cn1. The van der Waals surface area contributed by atoms with E-state index in [2.05, 4.69) is 15.3 Å². The number of carboxylic acid groups (broad SMARTS) is 1. The lowest BCUT2D eigenvalue weighted by molar-refractivity contribution is 0.0690. The van der Waals surface area contributed by atoms with E-state index in [-0.39, 0.29) is 5.69 Å². The second-order valence-corrected chi connectivity index (χ2v) is 5.42. The maximum atomic E-state index is 10.7. The lowest BCUT2D eigenvalue weighted by Crippen LogP contribution is -2.18. The fourth-order valence-corrected chi connectivity index (χ4v) is 3.05. The van der Waals surface area contributed by atoms with Crippen molar-refractivity contribution in [2.45, 2.75) is 44.6 Å². The molecule has 0 saturated heterocycles. The van der Waals surface area contributed by atoms with Gasteiger partial charge in [-0.25, -0.2) is 14.8 Å². The summed E-state index contributed by atoms with van der Waals surface area (Å²) in [6, 6.07) is 0.503. The minimum absolute atomic E-state index is 0.0104. The third kappa shape index (κ3) is 2.05. The van der Waals surface area contributed by atoms with Crippen molar-refractivity contribution in [3.63, 3.8) is 0 Å². The van der Waals surface area contributed by atoms with Gasteiger partial charge in [0.25, 0.3) is 0 Å². The first-order chi connectivity index (χ1) is 8.70. The number of rotatable bonds is 3. The van der Waals surface area contributed by atoms with Crippen molar-refractivity contribution >= 4 is 11.8 Å². The topological polar surface area (TPSA) is 75.1 Å². The van der Waals surface area contributed by atoms with E-state index >= 15 is 0 Å². The first-order valence-electron chi connectivity index (χ1n) is 6.51. The van der Waals surface area contributed by atoms with Crippen molar-refractivity contribution in [2.24, 2.45) is 5.41 Å². The van der Waals surface area contributed by atoms with E-state index in [1.165, 1.54) is 50.9 Å². The Morgan fingerprint density at radius 2 is 2.06 bits per heavy atom. The summed E-state index contributed by atoms with van der Waals surface area (Å²) in [6.07, 6.45) is 10.7. The molecule has 2 fully saturated rings. The van der Waals surface area contributed by atoms with Crippen LogP contribution in [0.25, 0.3) is 0 Å². The van der Waals surface area contributed by atoms with Gasteiger partial charge in [-0.2, -0.15) is 0 Å². The maximum Gasteiger partial charge on any atom is 0.356 e. The number of anilines is 1. The summed E-state index contributed by atoms with van der Waals surface area (Å²) in [7, 11) is 0. The molecule has 5 heteroatoms. The maximum absolute atomic E-state index is 10.7. The molecule has 1 aromatic heterocycles. The van der Waals surface area contributed by atoms with Crippen molar-refractivity contribution in [1.82, 2.24) is 9.97 Å². The van der Waals surface area contributed by atoms with Gasteiger partial charge in [-0.05, 0) is 24.7 Å². The van der Waals surface area contributed by atoms with Crippen LogP contribution in [0.3, 0.4) is 0 Å². The van der Waals surface area contributed by atoms with Crippen LogP contribution in [0.4, 0.5) is 5.82 Å². The molecule has 5 nitrogen and oxygen atoms in total. The molecule has 96 valence electrons. The van der Waals surface area contributed by atoms with Gasteiger partial charge >= 0.3 is 5.97 Å². The molecule has 0 radical (unpaired) electrons. The van der Waals surface area contributed by atoms with E-state index in [0.29, 0.717) is 17.3 Å². The first kappa shape index (κ1) is 11.4. The quantitative estimate of drug-likeness (QED) is 0.857. The molecular weight excluding hydrogens is 230 g/mol. The molecule has 2 saturated carbocycles. The number of nitrogens with one attached hydrogen (secondary N) is 1. The lowest BCUT2D eigenvalue weighted by atomic mass is 9.86. The lowest BCUT2D eigenvalue weighted by Gasteiger charge is -2.22. The predicted octanol–water partition coefficient (Wildman–Crippen LogP) is 2.31. The van der Waals surface area contributed by atoms with Crippen LogP contribution in [0.1, 0.15) is 49.0 Å². The van der Waals surface area contributed by atoms with Gasteiger partial charge in [0, 0.05) is 6.04 Å². The zero-order chi connectivity index (χ0) is 12.6. The number of hydrogen-bond donors (Lipinski definition) is 2. The van der Waals surface area contributed by atoms with E-state index in [9.17, 15) is 4.79 Å². The van der Waals surface area contributed by atoms with Gasteiger partial charge in [0.15, 0.2) is 5.69 Å². The van der Waals surface area contributed by atoms with Crippen LogP contribution in [0.15, 0.2) is 12.4 Å². The summed E-state index contributed by atoms with van der Waals surface area (Å²) in [6.45, 7) is 0. The molecule has 1 atom stereocenters. The van der Waals surface area contributed by atoms with Gasteiger partial charge in [0.1, 0.15) is 5.82 Å². The monoisotopic (exact) mass is 247 g/mol. The highest BCUT2D eigenvalue weighted by atomic mass is 16.4. The molecular formula is C13H17N3O2. The Bertz CT molecular complexity index is 452. The van der Waals surface area contributed by atoms with E-state index < -0.39 is 5.97 Å². The first-order valence-corrected chi connectivity index (χ1v) is 6.51. The van der Waals surface area contributed by atoms with Crippen molar-refractivity contribution in [2.75, 3.05) is 5.32 Å². The van der Waals surface area contributed by atoms with E-state index in [1.807, 2.05) is 0 Å². The van der Waals surface area contributed by atoms with E-state index in [0.717, 1.165) is 0 Å². The highest BCUT2D eigenvalue weighted by Crippen LogP contribution is 2.57. The summed E-state index contributed by atoms with van der Waals surface area (Å²) in [5, 5.41) is 12.1. The molecule has 0 aromatic carbocycles. The van der Waals surface area contributed by atoms with Crippen LogP contribution in [0, 0.1) is 5.41 Å². The van der Waals surface area contributed by atoms with Crippen LogP contribution in [0.5, 0.6) is 0 Å². The van der Waals surface area contributed by atoms with Gasteiger partial charge in [-0.3, -0.25) is 0 Å². The zero-order valence-electron chi connectivity index (χ0n) is 10.2. The van der Waals surface area contributed by atoms with Crippen LogP contribution >= 0.6 is 0 Å². The second-order valence-electron chi connectivity index (χ2n) is 5.42. The number of nitrogens with zero attached hydrogens (tertiary/aromatic N) is 2. The summed E-state index contributed by atoms with van der Waals surface area (Å²) >= 11 is 0. The number of aromatic carboxylic acids is 1. The van der Waals surface area contributed by atoms with Crippen LogP contribution in [-0.2, 0) is 0 Å². The van der Waals surface area contributed by atoms with Gasteiger partial charge in [0.2, 0.25) is 0 Å². The third-order valence-corrected chi connectivity index (χ3v) is 4.23. The largest absolute Gasteiger partial charge is 0.476 e. The van der Waals surface area contributed by atoms with Gasteiger partial charge < -0.3 is 10.4 Å². The standard InChI is InChI=1S/C13H17N3O2/c17-12(18)9-7-15-11(8-14-9)16-10-6-13(10)4-2-1-3-5-13/h7-8,10H,1-6H2,(H,15,16)(H,17,18). The van der Waals surface area contributed by atoms with Crippen LogP contribution in [0.2, 0.25) is 0 Å². The van der Waals surface area contributed by atoms with E-state index in [1.54, 1.807) is 0 Å². The molecule has 1 heterocycles. The zero-order valence-corrected chi connectivity index (χ0v) is 10.2. The highest BCUT2D eigenvalue weighted by Gasteiger charge is 2.53. The normalized spacial score (nSPS) is 24.8. The van der Waals surface area contributed by atoms with Gasteiger partial charge in [-0.1, -0.05) is 19.3 Å². The Hall–Kier alpha value is -1.65. The molecule has 3 rings (SSSR count). The third-order valence-electron chi connectivity index (χ3n) is 4.23. The van der Waals surface area contributed by atoms with Gasteiger partial charge in [0.05, 0.1) is 12.4 Å². The molecule has 1 aromatic rings. The van der Waals surface area contributed by atoms with Crippen molar-refractivity contribution < 1.29 is 9.90 Å². The molecule has 0 aliphatic heterocycles. The summed E-state index contributed by atoms with van der Waals surface area (Å²) < 4.78 is 0. The average molecular weight is 247 g/mol. The highest BCUT2D eigenvalue weighted by molar-refractivity contribution is 5.84. The molecule has 1 spiro atoms. The van der Waals surface area contributed by atoms with Crippen LogP contribution < -0.4 is 5.32 Å². The fraction of sp³-hybridized carbons (Fsp3) is 0.615. The van der Waals surface area contributed by atoms with Crippen LogP contribution in [-0.4, -0.2) is 27.1 Å². The van der Waals surface area contributed by atoms with Crippen molar-refractivity contribution in [3.05, 3.63) is 18.1 Å². The minimum Gasteiger partial charge on any atom is -0.476 e. The molecule has 2 N–H and O–H groups in total. The number of carbonyl (C=O) groups is 1. The molecule has 2 aliphatic rings. The Morgan fingerprint density at radius 1 is 1.28 bits per heavy atom. The van der Waals surface area contributed by atoms with Crippen molar-refractivity contribution in [3.8, 4) is 0 Å². The van der Waals surface area contributed by atoms with Gasteiger partial charge in [-0.15, -0.1) is 0 Å². The number of hydrogen-bond acceptors (Lipinski definition) is 4. The summed E-state index contributed by atoms with van der Waals surface area (Å²) in [5.74, 6) is -0.350. The Balaban J connectivity index is 1.62. The van der Waals surface area contributed by atoms with Crippen molar-refractivity contribution in [1.29, 1.82) is 0 Å². The Kier molecular flexibility index (Phi) is 2.69.